The molecular formula is C15H18N2. The van der Waals surface area contributed by atoms with Gasteiger partial charge in [-0.1, -0.05) is 25.1 Å². The van der Waals surface area contributed by atoms with Crippen LogP contribution in [0.5, 0.6) is 0 Å². The average Bonchev–Trinajstić information content (AvgIpc) is 3.20. The molecule has 17 heavy (non-hydrogen) atoms. The Hall–Kier alpha value is -1.41. The van der Waals surface area contributed by atoms with E-state index in [0.29, 0.717) is 6.04 Å². The predicted octanol–water partition coefficient (Wildman–Crippen LogP) is 3.30. The van der Waals surface area contributed by atoms with Gasteiger partial charge in [-0.25, -0.2) is 0 Å². The van der Waals surface area contributed by atoms with Crippen molar-refractivity contribution in [2.75, 3.05) is 6.54 Å². The van der Waals surface area contributed by atoms with Gasteiger partial charge in [-0.05, 0) is 43.0 Å². The predicted molar refractivity (Wildman–Crippen MR) is 70.9 cm³/mol. The molecule has 1 aromatic carbocycles. The SMILES string of the molecule is CCNC(c1ccnc2ccccc12)C1CC1. The Balaban J connectivity index is 2.08. The van der Waals surface area contributed by atoms with E-state index in [4.69, 9.17) is 0 Å². The maximum atomic E-state index is 4.44. The summed E-state index contributed by atoms with van der Waals surface area (Å²) in [6.45, 7) is 3.20. The normalized spacial score (nSPS) is 17.2. The van der Waals surface area contributed by atoms with Crippen LogP contribution in [0.4, 0.5) is 0 Å². The molecule has 0 saturated heterocycles. The van der Waals surface area contributed by atoms with Gasteiger partial charge < -0.3 is 5.32 Å². The number of hydrogen-bond donors (Lipinski definition) is 1. The standard InChI is InChI=1S/C15H18N2/c1-2-16-15(11-7-8-11)13-9-10-17-14-6-4-3-5-12(13)14/h3-6,9-11,15-16H,2,7-8H2,1H3. The van der Waals surface area contributed by atoms with Crippen molar-refractivity contribution in [3.8, 4) is 0 Å². The Morgan fingerprint density at radius 3 is 2.88 bits per heavy atom. The molecule has 0 spiro atoms. The van der Waals surface area contributed by atoms with Gasteiger partial charge in [0, 0.05) is 17.6 Å². The Morgan fingerprint density at radius 2 is 2.12 bits per heavy atom. The summed E-state index contributed by atoms with van der Waals surface area (Å²) in [5.74, 6) is 0.820. The first kappa shape index (κ1) is 10.7. The Kier molecular flexibility index (Phi) is 2.81. The summed E-state index contributed by atoms with van der Waals surface area (Å²) >= 11 is 0. The zero-order valence-corrected chi connectivity index (χ0v) is 10.2. The molecule has 2 aromatic rings. The van der Waals surface area contributed by atoms with E-state index in [0.717, 1.165) is 18.0 Å². The molecule has 0 amide bonds. The van der Waals surface area contributed by atoms with Gasteiger partial charge in [0.1, 0.15) is 0 Å². The van der Waals surface area contributed by atoms with Crippen LogP contribution in [0.1, 0.15) is 31.4 Å². The number of rotatable bonds is 4. The summed E-state index contributed by atoms with van der Waals surface area (Å²) in [5.41, 5.74) is 2.52. The molecule has 1 saturated carbocycles. The van der Waals surface area contributed by atoms with Crippen LogP contribution in [0.25, 0.3) is 10.9 Å². The summed E-state index contributed by atoms with van der Waals surface area (Å²) in [5, 5.41) is 4.92. The first-order chi connectivity index (χ1) is 8.40. The van der Waals surface area contributed by atoms with E-state index in [1.165, 1.54) is 23.8 Å². The highest BCUT2D eigenvalue weighted by molar-refractivity contribution is 5.82. The minimum Gasteiger partial charge on any atom is -0.310 e. The Morgan fingerprint density at radius 1 is 1.29 bits per heavy atom. The van der Waals surface area contributed by atoms with E-state index in [1.807, 2.05) is 6.20 Å². The average molecular weight is 226 g/mol. The second-order valence-electron chi connectivity index (χ2n) is 4.79. The molecule has 1 aliphatic rings. The van der Waals surface area contributed by atoms with Crippen LogP contribution in [-0.2, 0) is 0 Å². The van der Waals surface area contributed by atoms with Crippen molar-refractivity contribution in [2.24, 2.45) is 5.92 Å². The fourth-order valence-electron chi connectivity index (χ4n) is 2.57. The highest BCUT2D eigenvalue weighted by Gasteiger charge is 2.32. The molecule has 1 fully saturated rings. The lowest BCUT2D eigenvalue weighted by Crippen LogP contribution is -2.22. The first-order valence-corrected chi connectivity index (χ1v) is 6.47. The van der Waals surface area contributed by atoms with Crippen molar-refractivity contribution in [3.05, 3.63) is 42.1 Å². The molecule has 3 rings (SSSR count). The molecule has 1 aliphatic carbocycles. The number of para-hydroxylation sites is 1. The van der Waals surface area contributed by atoms with E-state index >= 15 is 0 Å². The lowest BCUT2D eigenvalue weighted by molar-refractivity contribution is 0.499. The number of benzene rings is 1. The minimum atomic E-state index is 0.507. The molecule has 1 N–H and O–H groups in total. The molecule has 1 aromatic heterocycles. The number of pyridine rings is 1. The van der Waals surface area contributed by atoms with Crippen LogP contribution in [-0.4, -0.2) is 11.5 Å². The van der Waals surface area contributed by atoms with E-state index in [-0.39, 0.29) is 0 Å². The van der Waals surface area contributed by atoms with Crippen molar-refractivity contribution >= 4 is 10.9 Å². The van der Waals surface area contributed by atoms with Gasteiger partial charge in [-0.3, -0.25) is 4.98 Å². The number of nitrogens with one attached hydrogen (secondary N) is 1. The molecule has 0 radical (unpaired) electrons. The Labute approximate surface area is 102 Å². The highest BCUT2D eigenvalue weighted by Crippen LogP contribution is 2.42. The van der Waals surface area contributed by atoms with Crippen molar-refractivity contribution in [3.63, 3.8) is 0 Å². The third-order valence-corrected chi connectivity index (χ3v) is 3.54. The molecule has 0 bridgehead atoms. The van der Waals surface area contributed by atoms with Crippen molar-refractivity contribution in [1.82, 2.24) is 10.3 Å². The number of fused-ring (bicyclic) bond motifs is 1. The number of nitrogens with zero attached hydrogens (tertiary/aromatic N) is 1. The number of hydrogen-bond acceptors (Lipinski definition) is 2. The summed E-state index contributed by atoms with van der Waals surface area (Å²) in [6.07, 6.45) is 4.65. The van der Waals surface area contributed by atoms with E-state index in [1.54, 1.807) is 0 Å². The van der Waals surface area contributed by atoms with Crippen LogP contribution in [0, 0.1) is 5.92 Å². The van der Waals surface area contributed by atoms with Gasteiger partial charge in [0.05, 0.1) is 5.52 Å². The van der Waals surface area contributed by atoms with Crippen LogP contribution < -0.4 is 5.32 Å². The minimum absolute atomic E-state index is 0.507. The topological polar surface area (TPSA) is 24.9 Å². The van der Waals surface area contributed by atoms with Crippen molar-refractivity contribution in [1.29, 1.82) is 0 Å². The second kappa shape index (κ2) is 4.46. The largest absolute Gasteiger partial charge is 0.310 e. The summed E-state index contributed by atoms with van der Waals surface area (Å²) in [7, 11) is 0. The third-order valence-electron chi connectivity index (χ3n) is 3.54. The van der Waals surface area contributed by atoms with E-state index in [2.05, 4.69) is 47.6 Å². The van der Waals surface area contributed by atoms with Crippen LogP contribution in [0.3, 0.4) is 0 Å². The summed E-state index contributed by atoms with van der Waals surface area (Å²) < 4.78 is 0. The molecular weight excluding hydrogens is 208 g/mol. The monoisotopic (exact) mass is 226 g/mol. The maximum Gasteiger partial charge on any atom is 0.0705 e. The van der Waals surface area contributed by atoms with Crippen LogP contribution in [0.2, 0.25) is 0 Å². The van der Waals surface area contributed by atoms with E-state index in [9.17, 15) is 0 Å². The summed E-state index contributed by atoms with van der Waals surface area (Å²) in [6, 6.07) is 11.1. The van der Waals surface area contributed by atoms with E-state index < -0.39 is 0 Å². The van der Waals surface area contributed by atoms with Gasteiger partial charge in [0.2, 0.25) is 0 Å². The smallest absolute Gasteiger partial charge is 0.0705 e. The molecule has 0 aliphatic heterocycles. The fourth-order valence-corrected chi connectivity index (χ4v) is 2.57. The molecule has 2 heteroatoms. The lowest BCUT2D eigenvalue weighted by atomic mass is 9.98. The molecule has 88 valence electrons. The van der Waals surface area contributed by atoms with Crippen molar-refractivity contribution in [2.45, 2.75) is 25.8 Å². The van der Waals surface area contributed by atoms with Crippen molar-refractivity contribution < 1.29 is 0 Å². The van der Waals surface area contributed by atoms with Gasteiger partial charge in [0.25, 0.3) is 0 Å². The maximum absolute atomic E-state index is 4.44. The quantitative estimate of drug-likeness (QED) is 0.865. The Bertz CT molecular complexity index is 512. The van der Waals surface area contributed by atoms with Gasteiger partial charge >= 0.3 is 0 Å². The zero-order chi connectivity index (χ0) is 11.7. The van der Waals surface area contributed by atoms with Gasteiger partial charge in [-0.15, -0.1) is 0 Å². The molecule has 1 heterocycles. The fraction of sp³-hybridized carbons (Fsp3) is 0.400. The van der Waals surface area contributed by atoms with Crippen LogP contribution in [0.15, 0.2) is 36.5 Å². The third kappa shape index (κ3) is 2.05. The first-order valence-electron chi connectivity index (χ1n) is 6.47. The second-order valence-corrected chi connectivity index (χ2v) is 4.79. The van der Waals surface area contributed by atoms with Crippen LogP contribution >= 0.6 is 0 Å². The number of aromatic nitrogens is 1. The molecule has 1 unspecified atom stereocenters. The van der Waals surface area contributed by atoms with Gasteiger partial charge in [-0.2, -0.15) is 0 Å². The highest BCUT2D eigenvalue weighted by atomic mass is 14.9. The van der Waals surface area contributed by atoms with Gasteiger partial charge in [0.15, 0.2) is 0 Å². The summed E-state index contributed by atoms with van der Waals surface area (Å²) in [4.78, 5) is 4.44. The molecule has 1 atom stereocenters. The zero-order valence-electron chi connectivity index (χ0n) is 10.2. The lowest BCUT2D eigenvalue weighted by Gasteiger charge is -2.19. The molecule has 2 nitrogen and oxygen atoms in total.